The first-order valence-electron chi connectivity index (χ1n) is 3.95. The van der Waals surface area contributed by atoms with Gasteiger partial charge in [0.05, 0.1) is 6.54 Å². The van der Waals surface area contributed by atoms with Crippen molar-refractivity contribution in [1.29, 1.82) is 0 Å². The fourth-order valence-corrected chi connectivity index (χ4v) is 0.949. The maximum absolute atomic E-state index is 10.2. The molecular weight excluding hydrogens is 168 g/mol. The number of nitrogens with one attached hydrogen (secondary N) is 1. The van der Waals surface area contributed by atoms with Crippen molar-refractivity contribution < 1.29 is 9.90 Å². The van der Waals surface area contributed by atoms with Gasteiger partial charge in [0.25, 0.3) is 0 Å². The summed E-state index contributed by atoms with van der Waals surface area (Å²) in [4.78, 5) is 10.2. The second-order valence-electron chi connectivity index (χ2n) is 2.74. The van der Waals surface area contributed by atoms with Gasteiger partial charge in [-0.3, -0.25) is 4.79 Å². The van der Waals surface area contributed by atoms with Crippen LogP contribution in [0.4, 0.5) is 5.69 Å². The summed E-state index contributed by atoms with van der Waals surface area (Å²) >= 11 is 0. The van der Waals surface area contributed by atoms with Gasteiger partial charge in [-0.1, -0.05) is 12.1 Å². The number of hydrogen-bond donors (Lipinski definition) is 3. The second kappa shape index (κ2) is 4.47. The molecule has 0 aliphatic carbocycles. The van der Waals surface area contributed by atoms with Gasteiger partial charge >= 0.3 is 5.97 Å². The maximum Gasteiger partial charge on any atom is 0.317 e. The van der Waals surface area contributed by atoms with Crippen LogP contribution in [0.1, 0.15) is 5.56 Å². The lowest BCUT2D eigenvalue weighted by Crippen LogP contribution is -2.21. The van der Waals surface area contributed by atoms with Gasteiger partial charge in [0.2, 0.25) is 0 Å². The number of carboxylic acids is 1. The van der Waals surface area contributed by atoms with Gasteiger partial charge in [0.1, 0.15) is 0 Å². The van der Waals surface area contributed by atoms with Crippen molar-refractivity contribution in [2.24, 2.45) is 0 Å². The fraction of sp³-hybridized carbons (Fsp3) is 0.222. The Balaban J connectivity index is 2.37. The zero-order valence-corrected chi connectivity index (χ0v) is 7.16. The zero-order valence-electron chi connectivity index (χ0n) is 7.16. The predicted octanol–water partition coefficient (Wildman–Crippen LogP) is 0.443. The molecule has 0 radical (unpaired) electrons. The Morgan fingerprint density at radius 1 is 1.38 bits per heavy atom. The number of nitrogens with two attached hydrogens (primary N) is 1. The summed E-state index contributed by atoms with van der Waals surface area (Å²) in [6, 6.07) is 7.31. The van der Waals surface area contributed by atoms with Crippen LogP contribution in [0, 0.1) is 0 Å². The first-order chi connectivity index (χ1) is 6.18. The van der Waals surface area contributed by atoms with E-state index in [2.05, 4.69) is 5.32 Å². The Bertz CT molecular complexity index is 282. The molecule has 0 aromatic heterocycles. The first kappa shape index (κ1) is 9.54. The van der Waals surface area contributed by atoms with E-state index in [1.165, 1.54) is 0 Å². The molecule has 0 saturated carbocycles. The molecule has 1 aromatic carbocycles. The topological polar surface area (TPSA) is 75.3 Å². The third-order valence-corrected chi connectivity index (χ3v) is 1.59. The van der Waals surface area contributed by atoms with Gasteiger partial charge in [-0.25, -0.2) is 0 Å². The molecule has 4 N–H and O–H groups in total. The Labute approximate surface area is 76.4 Å². The number of carbonyl (C=O) groups is 1. The average molecular weight is 180 g/mol. The van der Waals surface area contributed by atoms with Crippen molar-refractivity contribution in [3.63, 3.8) is 0 Å². The zero-order chi connectivity index (χ0) is 9.68. The summed E-state index contributed by atoms with van der Waals surface area (Å²) in [5, 5.41) is 11.1. The third-order valence-electron chi connectivity index (χ3n) is 1.59. The molecule has 0 spiro atoms. The van der Waals surface area contributed by atoms with E-state index in [0.717, 1.165) is 5.56 Å². The highest BCUT2D eigenvalue weighted by atomic mass is 16.4. The number of anilines is 1. The summed E-state index contributed by atoms with van der Waals surface area (Å²) in [5.74, 6) is -0.851. The number of hydrogen-bond acceptors (Lipinski definition) is 3. The van der Waals surface area contributed by atoms with E-state index in [1.807, 2.05) is 12.1 Å². The lowest BCUT2D eigenvalue weighted by molar-refractivity contribution is -0.135. The molecule has 70 valence electrons. The highest BCUT2D eigenvalue weighted by Crippen LogP contribution is 2.04. The summed E-state index contributed by atoms with van der Waals surface area (Å²) < 4.78 is 0. The van der Waals surface area contributed by atoms with Crippen LogP contribution in [0.15, 0.2) is 24.3 Å². The molecule has 0 heterocycles. The summed E-state index contributed by atoms with van der Waals surface area (Å²) in [6.45, 7) is 0.525. The molecule has 0 amide bonds. The van der Waals surface area contributed by atoms with E-state index in [-0.39, 0.29) is 6.54 Å². The van der Waals surface area contributed by atoms with Crippen LogP contribution in [-0.2, 0) is 11.3 Å². The fourth-order valence-electron chi connectivity index (χ4n) is 0.949. The van der Waals surface area contributed by atoms with E-state index in [4.69, 9.17) is 10.8 Å². The SMILES string of the molecule is Nc1ccc(CNCC(=O)O)cc1. The van der Waals surface area contributed by atoms with Crippen LogP contribution >= 0.6 is 0 Å². The Hall–Kier alpha value is -1.55. The summed E-state index contributed by atoms with van der Waals surface area (Å²) in [6.07, 6.45) is 0. The van der Waals surface area contributed by atoms with Crippen molar-refractivity contribution in [3.05, 3.63) is 29.8 Å². The molecule has 4 nitrogen and oxygen atoms in total. The smallest absolute Gasteiger partial charge is 0.317 e. The highest BCUT2D eigenvalue weighted by molar-refractivity contribution is 5.68. The molecule has 0 fully saturated rings. The second-order valence-corrected chi connectivity index (χ2v) is 2.74. The van der Waals surface area contributed by atoms with Crippen molar-refractivity contribution in [2.45, 2.75) is 6.54 Å². The number of nitrogen functional groups attached to an aromatic ring is 1. The molecule has 1 aromatic rings. The molecular formula is C9H12N2O2. The minimum absolute atomic E-state index is 0.0234. The summed E-state index contributed by atoms with van der Waals surface area (Å²) in [5.41, 5.74) is 7.22. The van der Waals surface area contributed by atoms with Crippen molar-refractivity contribution in [2.75, 3.05) is 12.3 Å². The Morgan fingerprint density at radius 3 is 2.54 bits per heavy atom. The van der Waals surface area contributed by atoms with Crippen LogP contribution in [-0.4, -0.2) is 17.6 Å². The predicted molar refractivity (Wildman–Crippen MR) is 50.2 cm³/mol. The van der Waals surface area contributed by atoms with Crippen molar-refractivity contribution >= 4 is 11.7 Å². The van der Waals surface area contributed by atoms with Crippen LogP contribution in [0.25, 0.3) is 0 Å². The molecule has 0 unspecified atom stereocenters. The highest BCUT2D eigenvalue weighted by Gasteiger charge is 1.95. The quantitative estimate of drug-likeness (QED) is 0.588. The van der Waals surface area contributed by atoms with Crippen molar-refractivity contribution in [1.82, 2.24) is 5.32 Å². The van der Waals surface area contributed by atoms with E-state index < -0.39 is 5.97 Å². The molecule has 0 aliphatic rings. The minimum atomic E-state index is -0.851. The Kier molecular flexibility index (Phi) is 3.28. The largest absolute Gasteiger partial charge is 0.480 e. The van der Waals surface area contributed by atoms with Crippen LogP contribution in [0.5, 0.6) is 0 Å². The van der Waals surface area contributed by atoms with Gasteiger partial charge in [-0.2, -0.15) is 0 Å². The van der Waals surface area contributed by atoms with E-state index >= 15 is 0 Å². The maximum atomic E-state index is 10.2. The molecule has 0 aliphatic heterocycles. The monoisotopic (exact) mass is 180 g/mol. The number of carboxylic acid groups (broad SMARTS) is 1. The van der Waals surface area contributed by atoms with Crippen LogP contribution in [0.3, 0.4) is 0 Å². The van der Waals surface area contributed by atoms with Gasteiger partial charge in [-0.15, -0.1) is 0 Å². The number of aliphatic carboxylic acids is 1. The minimum Gasteiger partial charge on any atom is -0.480 e. The first-order valence-corrected chi connectivity index (χ1v) is 3.95. The standard InChI is InChI=1S/C9H12N2O2/c10-8-3-1-7(2-4-8)5-11-6-9(12)13/h1-4,11H,5-6,10H2,(H,12,13). The van der Waals surface area contributed by atoms with E-state index in [0.29, 0.717) is 12.2 Å². The van der Waals surface area contributed by atoms with E-state index in [1.54, 1.807) is 12.1 Å². The molecule has 0 atom stereocenters. The molecule has 13 heavy (non-hydrogen) atoms. The number of rotatable bonds is 4. The number of benzene rings is 1. The molecule has 0 bridgehead atoms. The van der Waals surface area contributed by atoms with Gasteiger partial charge in [0, 0.05) is 12.2 Å². The Morgan fingerprint density at radius 2 is 2.00 bits per heavy atom. The molecule has 1 rings (SSSR count). The molecule has 0 saturated heterocycles. The van der Waals surface area contributed by atoms with Gasteiger partial charge in [0.15, 0.2) is 0 Å². The van der Waals surface area contributed by atoms with Gasteiger partial charge < -0.3 is 16.2 Å². The normalized spacial score (nSPS) is 9.85. The van der Waals surface area contributed by atoms with Crippen molar-refractivity contribution in [3.8, 4) is 0 Å². The van der Waals surface area contributed by atoms with E-state index in [9.17, 15) is 4.79 Å². The molecule has 4 heteroatoms. The van der Waals surface area contributed by atoms with Crippen LogP contribution in [0.2, 0.25) is 0 Å². The lowest BCUT2D eigenvalue weighted by Gasteiger charge is -2.01. The average Bonchev–Trinajstić information content (AvgIpc) is 2.08. The van der Waals surface area contributed by atoms with Gasteiger partial charge in [-0.05, 0) is 17.7 Å². The lowest BCUT2D eigenvalue weighted by atomic mass is 10.2. The third kappa shape index (κ3) is 3.57. The summed E-state index contributed by atoms with van der Waals surface area (Å²) in [7, 11) is 0. The van der Waals surface area contributed by atoms with Crippen LogP contribution < -0.4 is 11.1 Å².